The number of ether oxygens (including phenoxy) is 1. The van der Waals surface area contributed by atoms with Crippen molar-refractivity contribution in [3.8, 4) is 5.75 Å². The first-order chi connectivity index (χ1) is 28.0. The van der Waals surface area contributed by atoms with Gasteiger partial charge in [0.25, 0.3) is 0 Å². The summed E-state index contributed by atoms with van der Waals surface area (Å²) >= 11 is 0. The number of rotatable bonds is 9. The third-order valence-corrected chi connectivity index (χ3v) is 16.6. The Morgan fingerprint density at radius 3 is 2.03 bits per heavy atom. The number of pyridine rings is 1. The molecule has 3 saturated heterocycles. The van der Waals surface area contributed by atoms with E-state index in [4.69, 9.17) is 10.5 Å². The zero-order chi connectivity index (χ0) is 42.3. The van der Waals surface area contributed by atoms with Crippen LogP contribution in [-0.2, 0) is 0 Å². The van der Waals surface area contributed by atoms with E-state index in [2.05, 4.69) is 55.3 Å². The lowest BCUT2D eigenvalue weighted by atomic mass is 9.53. The minimum absolute atomic E-state index is 0.0120. The fraction of sp³-hybridized carbons (Fsp3) is 0.644. The third kappa shape index (κ3) is 6.31. The molecule has 0 unspecified atom stereocenters. The zero-order valence-corrected chi connectivity index (χ0v) is 34.6. The highest BCUT2D eigenvalue weighted by molar-refractivity contribution is 5.97. The van der Waals surface area contributed by atoms with E-state index in [9.17, 15) is 32.3 Å². The number of nitrogens with one attached hydrogen (secondary N) is 1. The summed E-state index contributed by atoms with van der Waals surface area (Å²) in [6.45, 7) is 10.1. The lowest BCUT2D eigenvalue weighted by molar-refractivity contribution is -0.0342. The molecular formula is C45H58F5N5O4. The number of hydrogen-bond acceptors (Lipinski definition) is 7. The van der Waals surface area contributed by atoms with Crippen LogP contribution in [0.2, 0.25) is 0 Å². The quantitative estimate of drug-likeness (QED) is 0.190. The van der Waals surface area contributed by atoms with Gasteiger partial charge in [0.2, 0.25) is 5.43 Å². The smallest absolute Gasteiger partial charge is 0.341 e. The molecule has 7 fully saturated rings. The van der Waals surface area contributed by atoms with Crippen molar-refractivity contribution in [1.29, 1.82) is 0 Å². The van der Waals surface area contributed by atoms with Gasteiger partial charge in [0.15, 0.2) is 11.6 Å². The largest absolute Gasteiger partial charge is 0.492 e. The molecule has 2 aromatic carbocycles. The second-order valence-electron chi connectivity index (χ2n) is 19.5. The maximum Gasteiger partial charge on any atom is 0.341 e. The molecule has 322 valence electrons. The number of likely N-dealkylation sites (tertiary alicyclic amines) is 1. The number of alkyl halides is 4. The summed E-state index contributed by atoms with van der Waals surface area (Å²) in [6.07, 6.45) is 5.78. The molecule has 4 heterocycles. The number of aromatic nitrogens is 1. The molecule has 7 aliphatic rings. The average Bonchev–Trinajstić information content (AvgIpc) is 3.80. The Kier molecular flexibility index (Phi) is 10.5. The first-order valence-corrected chi connectivity index (χ1v) is 21.0. The predicted molar refractivity (Wildman–Crippen MR) is 218 cm³/mol. The van der Waals surface area contributed by atoms with Gasteiger partial charge in [-0.2, -0.15) is 0 Å². The van der Waals surface area contributed by atoms with Crippen molar-refractivity contribution in [2.45, 2.75) is 89.5 Å². The van der Waals surface area contributed by atoms with E-state index in [0.717, 1.165) is 51.3 Å². The van der Waals surface area contributed by atoms with Gasteiger partial charge in [-0.1, -0.05) is 44.2 Å². The average molecular weight is 828 g/mol. The Bertz CT molecular complexity index is 2170. The number of aromatic carboxylic acids is 1. The number of halogens is 5. The molecule has 4 saturated carbocycles. The maximum absolute atomic E-state index is 15.4. The van der Waals surface area contributed by atoms with Crippen LogP contribution in [0.5, 0.6) is 5.75 Å². The van der Waals surface area contributed by atoms with Gasteiger partial charge in [0.1, 0.15) is 17.4 Å². The molecule has 3 aliphatic heterocycles. The van der Waals surface area contributed by atoms with Crippen LogP contribution in [0.15, 0.2) is 47.4 Å². The lowest BCUT2D eigenvalue weighted by Crippen LogP contribution is -2.64. The first-order valence-electron chi connectivity index (χ1n) is 21.0. The number of carbonyl (C=O) groups is 1. The number of benzene rings is 2. The van der Waals surface area contributed by atoms with Crippen LogP contribution in [0.3, 0.4) is 0 Å². The minimum atomic E-state index is -1.48. The van der Waals surface area contributed by atoms with Crippen molar-refractivity contribution in [2.75, 3.05) is 71.3 Å². The van der Waals surface area contributed by atoms with E-state index in [1.54, 1.807) is 4.90 Å². The van der Waals surface area contributed by atoms with E-state index in [1.807, 2.05) is 6.07 Å². The Labute approximate surface area is 342 Å². The predicted octanol–water partition coefficient (Wildman–Crippen LogP) is 7.56. The molecule has 9 atom stereocenters. The minimum Gasteiger partial charge on any atom is -0.492 e. The van der Waals surface area contributed by atoms with Crippen molar-refractivity contribution in [3.63, 3.8) is 0 Å². The molecule has 59 heavy (non-hydrogen) atoms. The second-order valence-corrected chi connectivity index (χ2v) is 19.5. The van der Waals surface area contributed by atoms with Crippen molar-refractivity contribution >= 4 is 22.6 Å². The highest BCUT2D eigenvalue weighted by Gasteiger charge is 2.64. The normalized spacial score (nSPS) is 36.7. The first kappa shape index (κ1) is 42.0. The number of anilines is 1. The van der Waals surface area contributed by atoms with Gasteiger partial charge in [-0.3, -0.25) is 22.9 Å². The topological polar surface area (TPSA) is 113 Å². The monoisotopic (exact) mass is 827 g/mol. The highest BCUT2D eigenvalue weighted by Crippen LogP contribution is 2.63. The summed E-state index contributed by atoms with van der Waals surface area (Å²) in [4.78, 5) is 28.4. The molecule has 3 aromatic rings. The number of carboxylic acid groups (broad SMARTS) is 1. The highest BCUT2D eigenvalue weighted by atomic mass is 19.1. The van der Waals surface area contributed by atoms with Crippen LogP contribution < -0.4 is 26.1 Å². The van der Waals surface area contributed by atoms with Gasteiger partial charge in [-0.05, 0) is 67.9 Å². The second kappa shape index (κ2) is 14.7. The van der Waals surface area contributed by atoms with E-state index in [1.165, 1.54) is 30.1 Å². The van der Waals surface area contributed by atoms with Gasteiger partial charge in [-0.25, -0.2) is 13.6 Å². The van der Waals surface area contributed by atoms with Gasteiger partial charge >= 0.3 is 5.97 Å². The Hall–Kier alpha value is -3.75. The number of nitrogens with zero attached hydrogens (tertiary/aromatic N) is 3. The van der Waals surface area contributed by atoms with Crippen LogP contribution in [0, 0.1) is 32.9 Å². The maximum atomic E-state index is 15.4. The summed E-state index contributed by atoms with van der Waals surface area (Å²) in [5, 5.41) is 12.5. The molecule has 0 spiro atoms. The van der Waals surface area contributed by atoms with Crippen LogP contribution >= 0.6 is 0 Å². The number of hydrogen-bond donors (Lipinski definition) is 3. The molecular weight excluding hydrogens is 770 g/mol. The molecule has 14 heteroatoms. The standard InChI is InChI=1S/C21H22F3N3O4.C16H22FN.C8H14FN/c1-31-18-15-10(17(28)11(19(29)30)6-27(15)14-5-12(14)23)4-13(24)16(18)26-8-20(7-22)2-3-21(20,25)9-26;1-13(14-6-4-3-5-7-14)18-11-15(2)8-9-16(15,10-17)12-18;1-7-2-3-8(7,4-9)6-10-5-7/h4,6,12,14H,2-3,5,7-9,25H2,1H3,(H,29,30);3-7,13H,8-12H2,1-2H3;10H,2-6H2,1H3/t12-,14+,20-,21+;13-,15+,16+;7-,8-/m010/s1. The number of nitrogens with two attached hydrogens (primary N) is 1. The van der Waals surface area contributed by atoms with Crippen molar-refractivity contribution in [1.82, 2.24) is 14.8 Å². The summed E-state index contributed by atoms with van der Waals surface area (Å²) in [5.41, 5.74) is 5.38. The van der Waals surface area contributed by atoms with Gasteiger partial charge < -0.3 is 30.4 Å². The molecule has 4 aliphatic carbocycles. The van der Waals surface area contributed by atoms with Crippen LogP contribution in [0.1, 0.15) is 93.7 Å². The fourth-order valence-electron chi connectivity index (χ4n) is 11.4. The molecule has 9 nitrogen and oxygen atoms in total. The van der Waals surface area contributed by atoms with Gasteiger partial charge in [-0.15, -0.1) is 0 Å². The van der Waals surface area contributed by atoms with Crippen LogP contribution in [0.25, 0.3) is 10.9 Å². The summed E-state index contributed by atoms with van der Waals surface area (Å²) in [6, 6.07) is 11.3. The molecule has 0 bridgehead atoms. The van der Waals surface area contributed by atoms with Crippen LogP contribution in [0.4, 0.5) is 27.6 Å². The van der Waals surface area contributed by atoms with Gasteiger partial charge in [0, 0.05) is 79.7 Å². The van der Waals surface area contributed by atoms with E-state index >= 15 is 4.39 Å². The van der Waals surface area contributed by atoms with Gasteiger partial charge in [0.05, 0.1) is 44.1 Å². The molecule has 4 N–H and O–H groups in total. The molecule has 1 aromatic heterocycles. The van der Waals surface area contributed by atoms with E-state index in [-0.39, 0.29) is 71.4 Å². The number of fused-ring (bicyclic) bond motifs is 4. The molecule has 0 amide bonds. The van der Waals surface area contributed by atoms with E-state index in [0.29, 0.717) is 24.3 Å². The van der Waals surface area contributed by atoms with Crippen molar-refractivity contribution in [3.05, 3.63) is 69.8 Å². The fourth-order valence-corrected chi connectivity index (χ4v) is 11.4. The third-order valence-electron chi connectivity index (χ3n) is 16.6. The Morgan fingerprint density at radius 1 is 0.932 bits per heavy atom. The summed E-state index contributed by atoms with van der Waals surface area (Å²) < 4.78 is 76.1. The molecule has 0 radical (unpaired) electrons. The lowest BCUT2D eigenvalue weighted by Gasteiger charge is -2.51. The number of carboxylic acids is 1. The summed E-state index contributed by atoms with van der Waals surface area (Å²) in [5.74, 6) is -2.30. The SMILES string of the molecule is COc1c(N2C[C@]3(N)CC[C@]3(CF)C2)c(F)cc2c(=O)c(C(=O)O)cn([C@@H]3C[C@@H]3F)c12.C[C@@]12CC[C@]1(CF)CNC2.C[C@H](c1ccccc1)N1C[C@]2(C)CC[C@]2(CF)C1. The summed E-state index contributed by atoms with van der Waals surface area (Å²) in [7, 11) is 1.30. The number of methoxy groups -OCH3 is 1. The van der Waals surface area contributed by atoms with Crippen LogP contribution in [-0.4, -0.2) is 98.7 Å². The Balaban J connectivity index is 0.000000144. The van der Waals surface area contributed by atoms with E-state index < -0.39 is 52.6 Å². The zero-order valence-electron chi connectivity index (χ0n) is 34.6. The van der Waals surface area contributed by atoms with Crippen molar-refractivity contribution < 1.29 is 36.6 Å². The van der Waals surface area contributed by atoms with Crippen molar-refractivity contribution in [2.24, 2.45) is 32.8 Å². The Morgan fingerprint density at radius 2 is 1.58 bits per heavy atom. The molecule has 10 rings (SSSR count).